The molecule has 3 rings (SSSR count). The summed E-state index contributed by atoms with van der Waals surface area (Å²) in [6.07, 6.45) is 1.80. The van der Waals surface area contributed by atoms with Gasteiger partial charge in [0.2, 0.25) is 5.91 Å². The number of nitrogens with two attached hydrogens (primary N) is 2. The molecule has 2 amide bonds. The van der Waals surface area contributed by atoms with Crippen molar-refractivity contribution in [3.8, 4) is 0 Å². The molecule has 1 aromatic heterocycles. The van der Waals surface area contributed by atoms with E-state index in [0.29, 0.717) is 12.0 Å². The summed E-state index contributed by atoms with van der Waals surface area (Å²) in [5.74, 6) is 4.73. The molecule has 0 bridgehead atoms. The number of nitrogens with one attached hydrogen (secondary N) is 2. The summed E-state index contributed by atoms with van der Waals surface area (Å²) < 4.78 is 14.1. The number of hydrazine groups is 1. The van der Waals surface area contributed by atoms with E-state index in [-0.39, 0.29) is 18.7 Å². The maximum atomic E-state index is 13.0. The van der Waals surface area contributed by atoms with Crippen molar-refractivity contribution in [3.05, 3.63) is 82.8 Å². The number of amides is 2. The molecule has 0 aliphatic heterocycles. The minimum absolute atomic E-state index is 0.00395. The smallest absolute Gasteiger partial charge is 0.251 e. The summed E-state index contributed by atoms with van der Waals surface area (Å²) in [7, 11) is 0. The zero-order chi connectivity index (χ0) is 23.1. The van der Waals surface area contributed by atoms with Crippen molar-refractivity contribution in [1.82, 2.24) is 15.8 Å². The highest BCUT2D eigenvalue weighted by Crippen LogP contribution is 2.23. The van der Waals surface area contributed by atoms with Crippen molar-refractivity contribution in [1.29, 1.82) is 0 Å². The van der Waals surface area contributed by atoms with Crippen LogP contribution in [0.3, 0.4) is 0 Å². The van der Waals surface area contributed by atoms with Crippen LogP contribution in [0.5, 0.6) is 0 Å². The maximum Gasteiger partial charge on any atom is 0.251 e. The monoisotopic (exact) mass is 457 g/mol. The van der Waals surface area contributed by atoms with Gasteiger partial charge in [-0.2, -0.15) is 0 Å². The quantitative estimate of drug-likeness (QED) is 0.190. The predicted octanol–water partition coefficient (Wildman–Crippen LogP) is 2.25. The first-order chi connectivity index (χ1) is 15.4. The third-order valence-electron chi connectivity index (χ3n) is 4.83. The summed E-state index contributed by atoms with van der Waals surface area (Å²) in [5, 5.41) is 16.0. The second-order valence-electron chi connectivity index (χ2n) is 7.23. The van der Waals surface area contributed by atoms with Gasteiger partial charge >= 0.3 is 0 Å². The lowest BCUT2D eigenvalue weighted by atomic mass is 10.0. The van der Waals surface area contributed by atoms with Gasteiger partial charge in [-0.25, -0.2) is 15.7 Å². The largest absolute Gasteiger partial charge is 0.399 e. The molecule has 0 spiro atoms. The highest BCUT2D eigenvalue weighted by molar-refractivity contribution is 7.17. The van der Waals surface area contributed by atoms with Crippen LogP contribution >= 0.6 is 11.3 Å². The Hall–Kier alpha value is -3.47. The van der Waals surface area contributed by atoms with Gasteiger partial charge in [0.1, 0.15) is 5.82 Å². The third kappa shape index (κ3) is 6.27. The Kier molecular flexibility index (Phi) is 7.77. The molecular weight excluding hydrogens is 433 g/mol. The first-order valence-electron chi connectivity index (χ1n) is 9.77. The Balaban J connectivity index is 1.66. The fourth-order valence-electron chi connectivity index (χ4n) is 3.17. The van der Waals surface area contributed by atoms with E-state index in [0.717, 1.165) is 15.6 Å². The van der Waals surface area contributed by atoms with Crippen LogP contribution in [0.15, 0.2) is 65.8 Å². The minimum Gasteiger partial charge on any atom is -0.399 e. The second-order valence-corrected chi connectivity index (χ2v) is 8.18. The highest BCUT2D eigenvalue weighted by atomic mass is 32.1. The number of hydrogen-bond acceptors (Lipinski definition) is 7. The topological polar surface area (TPSA) is 134 Å². The van der Waals surface area contributed by atoms with E-state index in [2.05, 4.69) is 5.32 Å². The molecule has 10 heteroatoms. The van der Waals surface area contributed by atoms with Crippen molar-refractivity contribution < 1.29 is 19.2 Å². The molecule has 0 saturated carbocycles. The predicted molar refractivity (Wildman–Crippen MR) is 121 cm³/mol. The molecule has 0 aliphatic carbocycles. The van der Waals surface area contributed by atoms with Gasteiger partial charge in [0, 0.05) is 22.2 Å². The van der Waals surface area contributed by atoms with Gasteiger partial charge in [-0.15, -0.1) is 11.3 Å². The van der Waals surface area contributed by atoms with Gasteiger partial charge in [0.25, 0.3) is 5.91 Å². The van der Waals surface area contributed by atoms with Gasteiger partial charge in [0.05, 0.1) is 19.0 Å². The van der Waals surface area contributed by atoms with Gasteiger partial charge in [-0.05, 0) is 59.1 Å². The van der Waals surface area contributed by atoms with Crippen LogP contribution in [0, 0.1) is 5.82 Å². The molecule has 0 aliphatic rings. The summed E-state index contributed by atoms with van der Waals surface area (Å²) >= 11 is 1.62. The van der Waals surface area contributed by atoms with Crippen LogP contribution in [-0.2, 0) is 11.2 Å². The van der Waals surface area contributed by atoms with Crippen LogP contribution in [0.25, 0.3) is 10.1 Å². The number of thiophene rings is 1. The lowest BCUT2D eigenvalue weighted by molar-refractivity contribution is -0.130. The molecule has 0 fully saturated rings. The number of rotatable bonds is 9. The fourth-order valence-corrected chi connectivity index (χ4v) is 4.02. The standard InChI is InChI=1S/C22H24FN5O3S/c23-17-5-3-16(4-6-17)22(30)26-12-18(24)13-28(25)19(11-21(29)27-31)9-14-1-2-15-7-8-32-20(15)10-14/h1-8,10,13,19,31H,9,11-12,24-25H2,(H,26,30)(H,27,29)/b18-13-/t19-/m1/s1. The Labute approximate surface area is 188 Å². The lowest BCUT2D eigenvalue weighted by Gasteiger charge is -2.26. The summed E-state index contributed by atoms with van der Waals surface area (Å²) in [6, 6.07) is 12.7. The summed E-state index contributed by atoms with van der Waals surface area (Å²) in [5.41, 5.74) is 9.15. The van der Waals surface area contributed by atoms with E-state index in [4.69, 9.17) is 16.8 Å². The Morgan fingerprint density at radius 3 is 2.66 bits per heavy atom. The van der Waals surface area contributed by atoms with Crippen molar-refractivity contribution in [2.75, 3.05) is 6.54 Å². The molecular formula is C22H24FN5O3S. The number of hydroxylamine groups is 1. The molecule has 0 radical (unpaired) electrons. The van der Waals surface area contributed by atoms with E-state index in [1.807, 2.05) is 29.6 Å². The third-order valence-corrected chi connectivity index (χ3v) is 5.71. The van der Waals surface area contributed by atoms with Crippen LogP contribution in [0.4, 0.5) is 4.39 Å². The summed E-state index contributed by atoms with van der Waals surface area (Å²) in [6.45, 7) is 0.00395. The van der Waals surface area contributed by atoms with Gasteiger partial charge in [-0.1, -0.05) is 12.1 Å². The van der Waals surface area contributed by atoms with E-state index < -0.39 is 23.7 Å². The molecule has 168 valence electrons. The average Bonchev–Trinajstić information content (AvgIpc) is 3.25. The SMILES string of the molecule is N/C(=C\N(N)[C@@H](CC(=O)NO)Cc1ccc2ccsc2c1)CNC(=O)c1ccc(F)cc1. The second kappa shape index (κ2) is 10.7. The Bertz CT molecular complexity index is 1120. The molecule has 32 heavy (non-hydrogen) atoms. The normalized spacial score (nSPS) is 12.4. The molecule has 2 aromatic carbocycles. The van der Waals surface area contributed by atoms with Crippen LogP contribution in [0.1, 0.15) is 22.3 Å². The number of fused-ring (bicyclic) bond motifs is 1. The van der Waals surface area contributed by atoms with E-state index in [1.54, 1.807) is 16.8 Å². The van der Waals surface area contributed by atoms with E-state index >= 15 is 0 Å². The number of nitrogens with zero attached hydrogens (tertiary/aromatic N) is 1. The van der Waals surface area contributed by atoms with Crippen molar-refractivity contribution in [2.24, 2.45) is 11.6 Å². The van der Waals surface area contributed by atoms with E-state index in [1.165, 1.54) is 35.5 Å². The van der Waals surface area contributed by atoms with Crippen molar-refractivity contribution in [2.45, 2.75) is 18.9 Å². The number of carbonyl (C=O) groups excluding carboxylic acids is 2. The van der Waals surface area contributed by atoms with Crippen LogP contribution in [0.2, 0.25) is 0 Å². The molecule has 8 nitrogen and oxygen atoms in total. The average molecular weight is 458 g/mol. The summed E-state index contributed by atoms with van der Waals surface area (Å²) in [4.78, 5) is 23.9. The van der Waals surface area contributed by atoms with Crippen LogP contribution in [-0.4, -0.2) is 34.6 Å². The maximum absolute atomic E-state index is 13.0. The number of benzene rings is 2. The zero-order valence-corrected chi connectivity index (χ0v) is 17.9. The molecule has 3 aromatic rings. The van der Waals surface area contributed by atoms with Crippen LogP contribution < -0.4 is 22.4 Å². The first-order valence-corrected chi connectivity index (χ1v) is 10.7. The molecule has 1 heterocycles. The van der Waals surface area contributed by atoms with Crippen molar-refractivity contribution in [3.63, 3.8) is 0 Å². The number of hydrogen-bond donors (Lipinski definition) is 5. The number of halogens is 1. The molecule has 7 N–H and O–H groups in total. The first kappa shape index (κ1) is 23.2. The lowest BCUT2D eigenvalue weighted by Crippen LogP contribution is -2.42. The molecule has 1 atom stereocenters. The van der Waals surface area contributed by atoms with Gasteiger partial charge < -0.3 is 16.1 Å². The van der Waals surface area contributed by atoms with Crippen molar-refractivity contribution >= 4 is 33.2 Å². The van der Waals surface area contributed by atoms with Gasteiger partial charge in [0.15, 0.2) is 0 Å². The Morgan fingerprint density at radius 2 is 1.94 bits per heavy atom. The highest BCUT2D eigenvalue weighted by Gasteiger charge is 2.19. The Morgan fingerprint density at radius 1 is 1.19 bits per heavy atom. The number of carbonyl (C=O) groups is 2. The fraction of sp³-hybridized carbons (Fsp3) is 0.182. The zero-order valence-electron chi connectivity index (χ0n) is 17.1. The minimum atomic E-state index is -0.584. The molecule has 0 saturated heterocycles. The molecule has 0 unspecified atom stereocenters. The van der Waals surface area contributed by atoms with Gasteiger partial charge in [-0.3, -0.25) is 14.8 Å². The van der Waals surface area contributed by atoms with E-state index in [9.17, 15) is 14.0 Å².